The molecule has 40 heavy (non-hydrogen) atoms. The molecule has 1 atom stereocenters. The number of nitrogens with one attached hydrogen (secondary N) is 3. The number of amides is 3. The Kier molecular flexibility index (Phi) is 9.37. The van der Waals surface area contributed by atoms with E-state index in [1.807, 2.05) is 6.07 Å². The van der Waals surface area contributed by atoms with Gasteiger partial charge in [-0.3, -0.25) is 14.4 Å². The maximum absolute atomic E-state index is 13.2. The van der Waals surface area contributed by atoms with E-state index in [4.69, 9.17) is 9.26 Å². The molecule has 0 aliphatic heterocycles. The zero-order valence-corrected chi connectivity index (χ0v) is 23.0. The van der Waals surface area contributed by atoms with Gasteiger partial charge in [-0.15, -0.1) is 11.8 Å². The molecular weight excluding hydrogens is 528 g/mol. The number of aromatic nitrogens is 1. The predicted molar refractivity (Wildman–Crippen MR) is 155 cm³/mol. The van der Waals surface area contributed by atoms with Gasteiger partial charge in [0.2, 0.25) is 5.91 Å². The van der Waals surface area contributed by atoms with Crippen LogP contribution >= 0.6 is 11.8 Å². The molecule has 0 aliphatic carbocycles. The first-order valence-corrected chi connectivity index (χ1v) is 13.2. The van der Waals surface area contributed by atoms with Crippen molar-refractivity contribution in [2.75, 3.05) is 17.7 Å². The highest BCUT2D eigenvalue weighted by molar-refractivity contribution is 8.00. The van der Waals surface area contributed by atoms with Gasteiger partial charge in [-0.05, 0) is 74.0 Å². The Hall–Kier alpha value is -4.83. The number of ether oxygens (including phenoxy) is 1. The second-order valence-corrected chi connectivity index (χ2v) is 10.1. The minimum Gasteiger partial charge on any atom is -0.497 e. The summed E-state index contributed by atoms with van der Waals surface area (Å²) in [5.74, 6) is 0.542. The number of carbonyl (C=O) groups excluding carboxylic acids is 3. The number of thioether (sulfide) groups is 1. The van der Waals surface area contributed by atoms with Crippen molar-refractivity contribution in [3.05, 3.63) is 108 Å². The SMILES string of the molecule is COc1ccc(/C=C(\NC(=O)c2ccccc2)C(=O)Nc2ccc(S[C@H](C)C(=O)Nc3cc(C)on3)cc2)cc1. The summed E-state index contributed by atoms with van der Waals surface area (Å²) < 4.78 is 10.2. The number of hydrogen-bond donors (Lipinski definition) is 3. The first-order chi connectivity index (χ1) is 19.3. The highest BCUT2D eigenvalue weighted by Gasteiger charge is 2.17. The fraction of sp³-hybridized carbons (Fsp3) is 0.133. The maximum atomic E-state index is 13.2. The van der Waals surface area contributed by atoms with Crippen molar-refractivity contribution < 1.29 is 23.6 Å². The molecule has 204 valence electrons. The van der Waals surface area contributed by atoms with Crippen molar-refractivity contribution in [3.63, 3.8) is 0 Å². The van der Waals surface area contributed by atoms with E-state index in [0.29, 0.717) is 34.1 Å². The first kappa shape index (κ1) is 28.2. The fourth-order valence-corrected chi connectivity index (χ4v) is 4.40. The highest BCUT2D eigenvalue weighted by Crippen LogP contribution is 2.26. The number of carbonyl (C=O) groups is 3. The molecule has 10 heteroatoms. The van der Waals surface area contributed by atoms with E-state index in [2.05, 4.69) is 21.1 Å². The van der Waals surface area contributed by atoms with Gasteiger partial charge in [-0.1, -0.05) is 35.5 Å². The molecule has 0 radical (unpaired) electrons. The lowest BCUT2D eigenvalue weighted by atomic mass is 10.1. The van der Waals surface area contributed by atoms with E-state index in [0.717, 1.165) is 4.90 Å². The molecule has 9 nitrogen and oxygen atoms in total. The molecule has 0 bridgehead atoms. The van der Waals surface area contributed by atoms with Crippen LogP contribution in [-0.2, 0) is 9.59 Å². The molecule has 0 saturated heterocycles. The highest BCUT2D eigenvalue weighted by atomic mass is 32.2. The number of anilines is 2. The lowest BCUT2D eigenvalue weighted by Gasteiger charge is -2.13. The molecule has 3 aromatic carbocycles. The summed E-state index contributed by atoms with van der Waals surface area (Å²) in [4.78, 5) is 39.4. The van der Waals surface area contributed by atoms with Gasteiger partial charge in [-0.25, -0.2) is 0 Å². The normalized spacial score (nSPS) is 11.8. The first-order valence-electron chi connectivity index (χ1n) is 12.3. The van der Waals surface area contributed by atoms with Gasteiger partial charge >= 0.3 is 0 Å². The van der Waals surface area contributed by atoms with E-state index >= 15 is 0 Å². The van der Waals surface area contributed by atoms with Crippen LogP contribution in [0.3, 0.4) is 0 Å². The van der Waals surface area contributed by atoms with Crippen molar-refractivity contribution in [1.82, 2.24) is 10.5 Å². The minimum atomic E-state index is -0.490. The van der Waals surface area contributed by atoms with Crippen molar-refractivity contribution in [2.45, 2.75) is 24.0 Å². The van der Waals surface area contributed by atoms with Gasteiger partial charge in [0.1, 0.15) is 17.2 Å². The number of hydrogen-bond acceptors (Lipinski definition) is 7. The molecule has 3 amide bonds. The van der Waals surface area contributed by atoms with E-state index in [9.17, 15) is 14.4 Å². The molecule has 4 rings (SSSR count). The van der Waals surface area contributed by atoms with Crippen LogP contribution in [0.25, 0.3) is 6.08 Å². The van der Waals surface area contributed by atoms with Gasteiger partial charge in [0.15, 0.2) is 5.82 Å². The molecule has 0 aliphatic rings. The summed E-state index contributed by atoms with van der Waals surface area (Å²) in [5, 5.41) is 11.6. The average molecular weight is 557 g/mol. The van der Waals surface area contributed by atoms with Gasteiger partial charge < -0.3 is 25.2 Å². The van der Waals surface area contributed by atoms with Crippen molar-refractivity contribution in [1.29, 1.82) is 0 Å². The zero-order valence-electron chi connectivity index (χ0n) is 22.1. The van der Waals surface area contributed by atoms with Crippen LogP contribution in [0.15, 0.2) is 100 Å². The summed E-state index contributed by atoms with van der Waals surface area (Å²) in [5.41, 5.74) is 1.73. The maximum Gasteiger partial charge on any atom is 0.272 e. The molecule has 0 spiro atoms. The Balaban J connectivity index is 1.44. The number of methoxy groups -OCH3 is 1. The average Bonchev–Trinajstić information content (AvgIpc) is 3.38. The molecule has 3 N–H and O–H groups in total. The van der Waals surface area contributed by atoms with Gasteiger partial charge in [-0.2, -0.15) is 0 Å². The lowest BCUT2D eigenvalue weighted by Crippen LogP contribution is -2.30. The third-order valence-corrected chi connectivity index (χ3v) is 6.74. The third kappa shape index (κ3) is 7.84. The van der Waals surface area contributed by atoms with E-state index in [1.165, 1.54) is 11.8 Å². The van der Waals surface area contributed by atoms with Crippen molar-refractivity contribution >= 4 is 47.1 Å². The van der Waals surface area contributed by atoms with Crippen molar-refractivity contribution in [3.8, 4) is 5.75 Å². The van der Waals surface area contributed by atoms with Crippen LogP contribution in [0, 0.1) is 6.92 Å². The summed E-state index contributed by atoms with van der Waals surface area (Å²) in [7, 11) is 1.57. The molecule has 1 aromatic heterocycles. The third-order valence-electron chi connectivity index (χ3n) is 5.63. The quantitative estimate of drug-likeness (QED) is 0.174. The number of rotatable bonds is 10. The Labute approximate surface area is 236 Å². The smallest absolute Gasteiger partial charge is 0.272 e. The molecule has 4 aromatic rings. The van der Waals surface area contributed by atoms with Crippen LogP contribution in [0.1, 0.15) is 28.6 Å². The van der Waals surface area contributed by atoms with E-state index < -0.39 is 17.1 Å². The van der Waals surface area contributed by atoms with Gasteiger partial charge in [0, 0.05) is 22.2 Å². The summed E-state index contributed by atoms with van der Waals surface area (Å²) in [6.07, 6.45) is 1.59. The molecule has 0 unspecified atom stereocenters. The van der Waals surface area contributed by atoms with Gasteiger partial charge in [0.05, 0.1) is 12.4 Å². The monoisotopic (exact) mass is 556 g/mol. The number of benzene rings is 3. The number of nitrogens with zero attached hydrogens (tertiary/aromatic N) is 1. The topological polar surface area (TPSA) is 123 Å². The Morgan fingerprint density at radius 3 is 2.27 bits per heavy atom. The number of aryl methyl sites for hydroxylation is 1. The van der Waals surface area contributed by atoms with Crippen LogP contribution in [0.2, 0.25) is 0 Å². The van der Waals surface area contributed by atoms with Crippen molar-refractivity contribution in [2.24, 2.45) is 0 Å². The van der Waals surface area contributed by atoms with E-state index in [-0.39, 0.29) is 11.6 Å². The van der Waals surface area contributed by atoms with E-state index in [1.54, 1.807) is 106 Å². The molecule has 0 saturated carbocycles. The molecular formula is C30H28N4O5S. The second kappa shape index (κ2) is 13.3. The lowest BCUT2D eigenvalue weighted by molar-refractivity contribution is -0.115. The Morgan fingerprint density at radius 1 is 0.950 bits per heavy atom. The van der Waals surface area contributed by atoms with Crippen LogP contribution in [0.5, 0.6) is 5.75 Å². The predicted octanol–water partition coefficient (Wildman–Crippen LogP) is 5.52. The van der Waals surface area contributed by atoms with Crippen LogP contribution in [0.4, 0.5) is 11.5 Å². The standard InChI is InChI=1S/C30H28N4O5S/c1-19-17-27(34-39-19)33-28(35)20(2)40-25-15-11-23(12-16-25)31-30(37)26(18-21-9-13-24(38-3)14-10-21)32-29(36)22-7-5-4-6-8-22/h4-18,20H,1-3H3,(H,31,37)(H,32,36)(H,33,34,35)/b26-18-/t20-/m1/s1. The van der Waals surface area contributed by atoms with Crippen LogP contribution < -0.4 is 20.7 Å². The summed E-state index contributed by atoms with van der Waals surface area (Å²) in [6.45, 7) is 3.53. The largest absolute Gasteiger partial charge is 0.497 e. The fourth-order valence-electron chi connectivity index (χ4n) is 3.54. The molecule has 0 fully saturated rings. The van der Waals surface area contributed by atoms with Gasteiger partial charge in [0.25, 0.3) is 11.8 Å². The Bertz CT molecular complexity index is 1500. The zero-order chi connectivity index (χ0) is 28.5. The summed E-state index contributed by atoms with van der Waals surface area (Å²) >= 11 is 1.36. The summed E-state index contributed by atoms with van der Waals surface area (Å²) in [6, 6.07) is 24.5. The van der Waals surface area contributed by atoms with Crippen LogP contribution in [-0.4, -0.2) is 35.2 Å². The molecule has 1 heterocycles. The second-order valence-electron chi connectivity index (χ2n) is 8.70. The minimum absolute atomic E-state index is 0.0749. The Morgan fingerprint density at radius 2 is 1.65 bits per heavy atom.